The van der Waals surface area contributed by atoms with Crippen molar-refractivity contribution in [2.24, 2.45) is 5.73 Å². The second-order valence-electron chi connectivity index (χ2n) is 6.18. The summed E-state index contributed by atoms with van der Waals surface area (Å²) in [4.78, 5) is 0. The highest BCUT2D eigenvalue weighted by atomic mass is 19.1. The van der Waals surface area contributed by atoms with E-state index in [2.05, 4.69) is 11.2 Å². The zero-order valence-electron chi connectivity index (χ0n) is 13.3. The molecule has 1 saturated carbocycles. The quantitative estimate of drug-likeness (QED) is 0.759. The number of nitrogens with one attached hydrogen (secondary N) is 1. The highest BCUT2D eigenvalue weighted by molar-refractivity contribution is 5.23. The van der Waals surface area contributed by atoms with E-state index < -0.39 is 11.6 Å². The highest BCUT2D eigenvalue weighted by Crippen LogP contribution is 2.27. The summed E-state index contributed by atoms with van der Waals surface area (Å²) < 4.78 is 31.5. The largest absolute Gasteiger partial charge is 0.492 e. The van der Waals surface area contributed by atoms with Gasteiger partial charge in [-0.15, -0.1) is 6.42 Å². The number of hydrogen-bond donors (Lipinski definition) is 2. The first-order chi connectivity index (χ1) is 11.0. The Hall–Kier alpha value is -1.64. The van der Waals surface area contributed by atoms with Crippen LogP contribution in [0.4, 0.5) is 8.78 Å². The summed E-state index contributed by atoms with van der Waals surface area (Å²) in [6.07, 6.45) is 11.9. The Bertz CT molecular complexity index is 530. The molecule has 5 heteroatoms. The van der Waals surface area contributed by atoms with Gasteiger partial charge in [-0.1, -0.05) is 25.2 Å². The van der Waals surface area contributed by atoms with Gasteiger partial charge >= 0.3 is 0 Å². The van der Waals surface area contributed by atoms with Gasteiger partial charge in [-0.2, -0.15) is 0 Å². The van der Waals surface area contributed by atoms with Crippen molar-refractivity contribution < 1.29 is 13.5 Å². The van der Waals surface area contributed by atoms with Crippen LogP contribution >= 0.6 is 0 Å². The van der Waals surface area contributed by atoms with Crippen molar-refractivity contribution >= 4 is 0 Å². The average molecular weight is 322 g/mol. The van der Waals surface area contributed by atoms with E-state index in [1.165, 1.54) is 6.42 Å². The van der Waals surface area contributed by atoms with Crippen LogP contribution in [0.1, 0.15) is 38.5 Å². The lowest BCUT2D eigenvalue weighted by Crippen LogP contribution is -2.47. The third kappa shape index (κ3) is 5.49. The zero-order chi connectivity index (χ0) is 16.7. The number of rotatable bonds is 7. The predicted molar refractivity (Wildman–Crippen MR) is 87.1 cm³/mol. The molecule has 0 saturated heterocycles. The lowest BCUT2D eigenvalue weighted by Gasteiger charge is -2.34. The molecule has 2 rings (SSSR count). The van der Waals surface area contributed by atoms with Gasteiger partial charge in [0.2, 0.25) is 0 Å². The number of halogens is 2. The molecule has 1 aliphatic carbocycles. The minimum absolute atomic E-state index is 0.151. The van der Waals surface area contributed by atoms with Crippen LogP contribution in [0.15, 0.2) is 18.2 Å². The molecule has 1 fully saturated rings. The molecule has 1 atom stereocenters. The maximum Gasteiger partial charge on any atom is 0.129 e. The van der Waals surface area contributed by atoms with Gasteiger partial charge < -0.3 is 15.8 Å². The third-order valence-electron chi connectivity index (χ3n) is 4.26. The van der Waals surface area contributed by atoms with Crippen LogP contribution in [0.2, 0.25) is 0 Å². The van der Waals surface area contributed by atoms with Gasteiger partial charge in [0.25, 0.3) is 0 Å². The Morgan fingerprint density at radius 2 is 1.87 bits per heavy atom. The first-order valence-corrected chi connectivity index (χ1v) is 8.10. The number of benzene rings is 1. The average Bonchev–Trinajstić information content (AvgIpc) is 2.53. The van der Waals surface area contributed by atoms with Crippen molar-refractivity contribution in [3.05, 3.63) is 29.8 Å². The standard InChI is InChI=1S/C18H24F2N2O/c1-2-18(7-4-3-5-8-18)22-9-6-16(21)13-23-17-11-14(19)10-15(20)12-17/h1,10-12,16,22H,3-9,13,21H2. The normalized spacial score (nSPS) is 18.2. The molecule has 0 radical (unpaired) electrons. The van der Waals surface area contributed by atoms with Crippen LogP contribution in [-0.2, 0) is 0 Å². The van der Waals surface area contributed by atoms with Crippen LogP contribution < -0.4 is 15.8 Å². The fourth-order valence-electron chi connectivity index (χ4n) is 2.92. The van der Waals surface area contributed by atoms with Crippen LogP contribution in [0.5, 0.6) is 5.75 Å². The summed E-state index contributed by atoms with van der Waals surface area (Å²) in [5.74, 6) is 1.72. The summed E-state index contributed by atoms with van der Waals surface area (Å²) >= 11 is 0. The molecule has 126 valence electrons. The van der Waals surface area contributed by atoms with E-state index in [1.54, 1.807) is 0 Å². The van der Waals surface area contributed by atoms with E-state index in [0.29, 0.717) is 13.0 Å². The van der Waals surface area contributed by atoms with Crippen molar-refractivity contribution in [3.8, 4) is 18.1 Å². The summed E-state index contributed by atoms with van der Waals surface area (Å²) in [6.45, 7) is 0.903. The molecule has 0 bridgehead atoms. The first-order valence-electron chi connectivity index (χ1n) is 8.10. The van der Waals surface area contributed by atoms with Crippen molar-refractivity contribution in [2.45, 2.75) is 50.1 Å². The Morgan fingerprint density at radius 1 is 1.22 bits per heavy atom. The lowest BCUT2D eigenvalue weighted by molar-refractivity contribution is 0.263. The molecular formula is C18H24F2N2O. The van der Waals surface area contributed by atoms with Crippen LogP contribution in [0.25, 0.3) is 0 Å². The smallest absolute Gasteiger partial charge is 0.129 e. The first kappa shape index (κ1) is 17.7. The van der Waals surface area contributed by atoms with Crippen molar-refractivity contribution in [3.63, 3.8) is 0 Å². The molecule has 1 unspecified atom stereocenters. The minimum Gasteiger partial charge on any atom is -0.492 e. The van der Waals surface area contributed by atoms with Gasteiger partial charge in [0.1, 0.15) is 24.0 Å². The minimum atomic E-state index is -0.663. The summed E-state index contributed by atoms with van der Waals surface area (Å²) in [5.41, 5.74) is 5.79. The van der Waals surface area contributed by atoms with Gasteiger partial charge in [-0.05, 0) is 25.8 Å². The topological polar surface area (TPSA) is 47.3 Å². The van der Waals surface area contributed by atoms with Gasteiger partial charge in [-0.3, -0.25) is 0 Å². The SMILES string of the molecule is C#CC1(NCCC(N)COc2cc(F)cc(F)c2)CCCCC1. The van der Waals surface area contributed by atoms with Crippen molar-refractivity contribution in [1.29, 1.82) is 0 Å². The molecule has 3 nitrogen and oxygen atoms in total. The van der Waals surface area contributed by atoms with Crippen LogP contribution in [0.3, 0.4) is 0 Å². The van der Waals surface area contributed by atoms with Crippen molar-refractivity contribution in [2.75, 3.05) is 13.2 Å². The Morgan fingerprint density at radius 3 is 2.48 bits per heavy atom. The second-order valence-corrected chi connectivity index (χ2v) is 6.18. The lowest BCUT2D eigenvalue weighted by atomic mass is 9.82. The fourth-order valence-corrected chi connectivity index (χ4v) is 2.92. The predicted octanol–water partition coefficient (Wildman–Crippen LogP) is 2.99. The van der Waals surface area contributed by atoms with Crippen LogP contribution in [-0.4, -0.2) is 24.7 Å². The van der Waals surface area contributed by atoms with Crippen molar-refractivity contribution in [1.82, 2.24) is 5.32 Å². The molecule has 0 aliphatic heterocycles. The molecule has 1 aliphatic rings. The fraction of sp³-hybridized carbons (Fsp3) is 0.556. The molecule has 23 heavy (non-hydrogen) atoms. The third-order valence-corrected chi connectivity index (χ3v) is 4.26. The second kappa shape index (κ2) is 8.28. The molecule has 0 heterocycles. The highest BCUT2D eigenvalue weighted by Gasteiger charge is 2.28. The molecule has 0 spiro atoms. The number of terminal acetylenes is 1. The van der Waals surface area contributed by atoms with Gasteiger partial charge in [0.15, 0.2) is 0 Å². The van der Waals surface area contributed by atoms with E-state index in [1.807, 2.05) is 0 Å². The maximum absolute atomic E-state index is 13.1. The molecular weight excluding hydrogens is 298 g/mol. The number of nitrogens with two attached hydrogens (primary N) is 1. The molecule has 1 aromatic carbocycles. The van der Waals surface area contributed by atoms with Gasteiger partial charge in [-0.25, -0.2) is 8.78 Å². The molecule has 3 N–H and O–H groups in total. The molecule has 0 amide bonds. The number of hydrogen-bond acceptors (Lipinski definition) is 3. The van der Waals surface area contributed by atoms with E-state index >= 15 is 0 Å². The number of ether oxygens (including phenoxy) is 1. The Kier molecular flexibility index (Phi) is 6.37. The summed E-state index contributed by atoms with van der Waals surface area (Å²) in [5, 5.41) is 3.44. The van der Waals surface area contributed by atoms with Gasteiger partial charge in [0, 0.05) is 24.2 Å². The van der Waals surface area contributed by atoms with Gasteiger partial charge in [0.05, 0.1) is 5.54 Å². The zero-order valence-corrected chi connectivity index (χ0v) is 13.3. The monoisotopic (exact) mass is 322 g/mol. The van der Waals surface area contributed by atoms with E-state index in [-0.39, 0.29) is 23.9 Å². The Balaban J connectivity index is 1.72. The molecule has 0 aromatic heterocycles. The Labute approximate surface area is 136 Å². The molecule has 1 aromatic rings. The summed E-state index contributed by atoms with van der Waals surface area (Å²) in [7, 11) is 0. The van der Waals surface area contributed by atoms with E-state index in [0.717, 1.165) is 43.9 Å². The summed E-state index contributed by atoms with van der Waals surface area (Å²) in [6, 6.07) is 2.86. The van der Waals surface area contributed by atoms with E-state index in [9.17, 15) is 8.78 Å². The maximum atomic E-state index is 13.1. The van der Waals surface area contributed by atoms with Crippen LogP contribution in [0, 0.1) is 24.0 Å². The van der Waals surface area contributed by atoms with E-state index in [4.69, 9.17) is 16.9 Å².